The van der Waals surface area contributed by atoms with Gasteiger partial charge in [0.25, 0.3) is 0 Å². The molecule has 3 heteroatoms. The number of hydrogen-bond donors (Lipinski definition) is 1. The number of aryl methyl sites for hydroxylation is 1. The molecule has 2 rings (SSSR count). The van der Waals surface area contributed by atoms with Crippen molar-refractivity contribution in [3.8, 4) is 11.3 Å². The van der Waals surface area contributed by atoms with Gasteiger partial charge in [0, 0.05) is 23.2 Å². The highest BCUT2D eigenvalue weighted by molar-refractivity contribution is 7.09. The predicted octanol–water partition coefficient (Wildman–Crippen LogP) is 4.33. The summed E-state index contributed by atoms with van der Waals surface area (Å²) in [6, 6.07) is 8.47. The van der Waals surface area contributed by atoms with Gasteiger partial charge >= 0.3 is 0 Å². The summed E-state index contributed by atoms with van der Waals surface area (Å²) in [6.45, 7) is 5.28. The number of rotatable bonds is 5. The zero-order valence-electron chi connectivity index (χ0n) is 10.4. The van der Waals surface area contributed by atoms with E-state index < -0.39 is 0 Å². The Balaban J connectivity index is 2.11. The Hall–Kier alpha value is -1.35. The first kappa shape index (κ1) is 12.1. The van der Waals surface area contributed by atoms with Gasteiger partial charge in [-0.05, 0) is 25.5 Å². The lowest BCUT2D eigenvalue weighted by Gasteiger charge is -2.06. The van der Waals surface area contributed by atoms with Crippen LogP contribution in [0, 0.1) is 6.92 Å². The molecule has 0 radical (unpaired) electrons. The lowest BCUT2D eigenvalue weighted by molar-refractivity contribution is 0.834. The van der Waals surface area contributed by atoms with Gasteiger partial charge in [-0.1, -0.05) is 25.5 Å². The van der Waals surface area contributed by atoms with Gasteiger partial charge in [-0.3, -0.25) is 0 Å². The zero-order chi connectivity index (χ0) is 12.1. The number of aromatic nitrogens is 1. The van der Waals surface area contributed by atoms with Gasteiger partial charge in [0.1, 0.15) is 0 Å². The van der Waals surface area contributed by atoms with Crippen molar-refractivity contribution in [2.75, 3.05) is 11.9 Å². The van der Waals surface area contributed by atoms with E-state index in [0.29, 0.717) is 0 Å². The summed E-state index contributed by atoms with van der Waals surface area (Å²) >= 11 is 1.70. The SMILES string of the molecule is CCCCNc1cccc(-c2csc(C)n2)c1. The van der Waals surface area contributed by atoms with Crippen molar-refractivity contribution in [3.63, 3.8) is 0 Å². The van der Waals surface area contributed by atoms with Crippen LogP contribution in [-0.4, -0.2) is 11.5 Å². The monoisotopic (exact) mass is 246 g/mol. The Morgan fingerprint density at radius 2 is 2.24 bits per heavy atom. The highest BCUT2D eigenvalue weighted by Crippen LogP contribution is 2.24. The Kier molecular flexibility index (Phi) is 4.15. The van der Waals surface area contributed by atoms with Gasteiger partial charge < -0.3 is 5.32 Å². The highest BCUT2D eigenvalue weighted by atomic mass is 32.1. The number of unbranched alkanes of at least 4 members (excludes halogenated alkanes) is 1. The second-order valence-electron chi connectivity index (χ2n) is 4.11. The van der Waals surface area contributed by atoms with Crippen LogP contribution in [0.2, 0.25) is 0 Å². The fourth-order valence-electron chi connectivity index (χ4n) is 1.69. The van der Waals surface area contributed by atoms with E-state index in [9.17, 15) is 0 Å². The summed E-state index contributed by atoms with van der Waals surface area (Å²) in [4.78, 5) is 4.51. The highest BCUT2D eigenvalue weighted by Gasteiger charge is 2.02. The maximum absolute atomic E-state index is 4.51. The molecule has 1 aromatic heterocycles. The van der Waals surface area contributed by atoms with E-state index in [-0.39, 0.29) is 0 Å². The van der Waals surface area contributed by atoms with E-state index in [4.69, 9.17) is 0 Å². The maximum atomic E-state index is 4.51. The first-order valence-corrected chi connectivity index (χ1v) is 6.94. The summed E-state index contributed by atoms with van der Waals surface area (Å²) in [5, 5.41) is 6.66. The molecule has 17 heavy (non-hydrogen) atoms. The lowest BCUT2D eigenvalue weighted by Crippen LogP contribution is -2.00. The van der Waals surface area contributed by atoms with E-state index in [0.717, 1.165) is 17.2 Å². The third kappa shape index (κ3) is 3.30. The number of benzene rings is 1. The van der Waals surface area contributed by atoms with Crippen molar-refractivity contribution in [2.24, 2.45) is 0 Å². The second kappa shape index (κ2) is 5.82. The van der Waals surface area contributed by atoms with E-state index in [1.165, 1.54) is 24.1 Å². The molecule has 0 aliphatic heterocycles. The van der Waals surface area contributed by atoms with Crippen LogP contribution in [0.15, 0.2) is 29.6 Å². The molecule has 2 aromatic rings. The molecule has 0 saturated heterocycles. The molecule has 90 valence electrons. The Morgan fingerprint density at radius 3 is 2.94 bits per heavy atom. The molecule has 0 spiro atoms. The van der Waals surface area contributed by atoms with Crippen LogP contribution >= 0.6 is 11.3 Å². The van der Waals surface area contributed by atoms with Crippen molar-refractivity contribution < 1.29 is 0 Å². The van der Waals surface area contributed by atoms with Crippen LogP contribution < -0.4 is 5.32 Å². The molecule has 0 saturated carbocycles. The largest absolute Gasteiger partial charge is 0.385 e. The van der Waals surface area contributed by atoms with Gasteiger partial charge in [-0.2, -0.15) is 0 Å². The molecule has 0 fully saturated rings. The fourth-order valence-corrected chi connectivity index (χ4v) is 2.32. The van der Waals surface area contributed by atoms with Gasteiger partial charge in [-0.15, -0.1) is 11.3 Å². The van der Waals surface area contributed by atoms with Crippen molar-refractivity contribution in [1.29, 1.82) is 0 Å². The van der Waals surface area contributed by atoms with Crippen LogP contribution in [-0.2, 0) is 0 Å². The summed E-state index contributed by atoms with van der Waals surface area (Å²) < 4.78 is 0. The Labute approximate surface area is 107 Å². The predicted molar refractivity (Wildman–Crippen MR) is 75.7 cm³/mol. The second-order valence-corrected chi connectivity index (χ2v) is 5.18. The minimum atomic E-state index is 1.04. The Morgan fingerprint density at radius 1 is 1.35 bits per heavy atom. The molecular weight excluding hydrogens is 228 g/mol. The molecule has 0 amide bonds. The van der Waals surface area contributed by atoms with Crippen LogP contribution in [0.1, 0.15) is 24.8 Å². The minimum absolute atomic E-state index is 1.04. The van der Waals surface area contributed by atoms with Crippen LogP contribution in [0.4, 0.5) is 5.69 Å². The number of anilines is 1. The van der Waals surface area contributed by atoms with Crippen LogP contribution in [0.3, 0.4) is 0 Å². The van der Waals surface area contributed by atoms with E-state index in [2.05, 4.69) is 46.9 Å². The Bertz CT molecular complexity index is 477. The minimum Gasteiger partial charge on any atom is -0.385 e. The molecule has 0 bridgehead atoms. The first-order valence-electron chi connectivity index (χ1n) is 6.06. The molecular formula is C14H18N2S. The first-order chi connectivity index (χ1) is 8.29. The van der Waals surface area contributed by atoms with Crippen molar-refractivity contribution in [1.82, 2.24) is 4.98 Å². The molecule has 0 aliphatic carbocycles. The molecule has 0 unspecified atom stereocenters. The van der Waals surface area contributed by atoms with Crippen molar-refractivity contribution >= 4 is 17.0 Å². The lowest BCUT2D eigenvalue weighted by atomic mass is 10.1. The van der Waals surface area contributed by atoms with Crippen molar-refractivity contribution in [3.05, 3.63) is 34.7 Å². The normalized spacial score (nSPS) is 10.5. The van der Waals surface area contributed by atoms with E-state index in [1.54, 1.807) is 11.3 Å². The smallest absolute Gasteiger partial charge is 0.0901 e. The molecule has 1 aromatic carbocycles. The fraction of sp³-hybridized carbons (Fsp3) is 0.357. The van der Waals surface area contributed by atoms with Gasteiger partial charge in [0.2, 0.25) is 0 Å². The third-order valence-electron chi connectivity index (χ3n) is 2.64. The van der Waals surface area contributed by atoms with E-state index in [1.807, 2.05) is 6.92 Å². The van der Waals surface area contributed by atoms with Crippen LogP contribution in [0.25, 0.3) is 11.3 Å². The maximum Gasteiger partial charge on any atom is 0.0901 e. The molecule has 1 N–H and O–H groups in total. The van der Waals surface area contributed by atoms with Gasteiger partial charge in [-0.25, -0.2) is 4.98 Å². The third-order valence-corrected chi connectivity index (χ3v) is 3.41. The molecule has 0 atom stereocenters. The topological polar surface area (TPSA) is 24.9 Å². The number of nitrogens with zero attached hydrogens (tertiary/aromatic N) is 1. The average molecular weight is 246 g/mol. The number of hydrogen-bond acceptors (Lipinski definition) is 3. The quantitative estimate of drug-likeness (QED) is 0.794. The zero-order valence-corrected chi connectivity index (χ0v) is 11.2. The molecule has 1 heterocycles. The van der Waals surface area contributed by atoms with Crippen molar-refractivity contribution in [2.45, 2.75) is 26.7 Å². The standard InChI is InChI=1S/C14H18N2S/c1-3-4-8-15-13-7-5-6-12(9-13)14-10-17-11(2)16-14/h5-7,9-10,15H,3-4,8H2,1-2H3. The molecule has 2 nitrogen and oxygen atoms in total. The summed E-state index contributed by atoms with van der Waals surface area (Å²) in [5.41, 5.74) is 3.45. The van der Waals surface area contributed by atoms with Crippen LogP contribution in [0.5, 0.6) is 0 Å². The van der Waals surface area contributed by atoms with E-state index >= 15 is 0 Å². The summed E-state index contributed by atoms with van der Waals surface area (Å²) in [6.07, 6.45) is 2.43. The number of thiazole rings is 1. The number of nitrogens with one attached hydrogen (secondary N) is 1. The summed E-state index contributed by atoms with van der Waals surface area (Å²) in [5.74, 6) is 0. The summed E-state index contributed by atoms with van der Waals surface area (Å²) in [7, 11) is 0. The van der Waals surface area contributed by atoms with Gasteiger partial charge in [0.05, 0.1) is 10.7 Å². The average Bonchev–Trinajstić information content (AvgIpc) is 2.77. The van der Waals surface area contributed by atoms with Gasteiger partial charge in [0.15, 0.2) is 0 Å². The molecule has 0 aliphatic rings.